The van der Waals surface area contributed by atoms with E-state index in [1.165, 1.54) is 0 Å². The molecule has 0 heterocycles. The number of hydrogen-bond donors (Lipinski definition) is 2. The number of carbonyl (C=O) groups excluding carboxylic acids is 4. The van der Waals surface area contributed by atoms with Gasteiger partial charge in [-0.3, -0.25) is 19.2 Å². The van der Waals surface area contributed by atoms with Crippen LogP contribution in [0.4, 0.5) is 0 Å². The number of amides is 2. The first kappa shape index (κ1) is 100. The second-order valence-electron chi connectivity index (χ2n) is 25.2. The summed E-state index contributed by atoms with van der Waals surface area (Å²) in [7, 11) is 1.64. The number of unbranched alkanes of at least 4 members (excludes halogenated alkanes) is 1. The maximum atomic E-state index is 13.5. The van der Waals surface area contributed by atoms with E-state index >= 15 is 0 Å². The van der Waals surface area contributed by atoms with Gasteiger partial charge >= 0.3 is 0 Å². The van der Waals surface area contributed by atoms with Gasteiger partial charge in [-0.1, -0.05) is 61.3 Å². The highest BCUT2D eigenvalue weighted by molar-refractivity contribution is 5.94. The molecule has 0 saturated heterocycles. The molecule has 0 bridgehead atoms. The number of ether oxygens (including phenoxy) is 24. The summed E-state index contributed by atoms with van der Waals surface area (Å²) in [4.78, 5) is 51.9. The van der Waals surface area contributed by atoms with Crippen molar-refractivity contribution in [3.05, 3.63) is 0 Å². The normalized spacial score (nSPS) is 12.5. The Morgan fingerprint density at radius 1 is 0.291 bits per heavy atom. The van der Waals surface area contributed by atoms with Gasteiger partial charge in [0.05, 0.1) is 317 Å². The molecule has 0 aliphatic rings. The fourth-order valence-electron chi connectivity index (χ4n) is 8.92. The molecule has 0 aromatic rings. The summed E-state index contributed by atoms with van der Waals surface area (Å²) in [5, 5.41) is 5.85. The predicted octanol–water partition coefficient (Wildman–Crippen LogP) is 4.85. The monoisotopic (exact) mass is 1490 g/mol. The van der Waals surface area contributed by atoms with Crippen LogP contribution in [0.1, 0.15) is 99.8 Å². The van der Waals surface area contributed by atoms with E-state index in [9.17, 15) is 19.2 Å². The van der Waals surface area contributed by atoms with Crippen LogP contribution in [-0.2, 0) is 133 Å². The van der Waals surface area contributed by atoms with Gasteiger partial charge in [0.15, 0.2) is 5.78 Å². The van der Waals surface area contributed by atoms with Gasteiger partial charge in [0.25, 0.3) is 0 Å². The lowest BCUT2D eigenvalue weighted by Crippen LogP contribution is -2.45. The third-order valence-corrected chi connectivity index (χ3v) is 14.5. The number of rotatable bonds is 87. The number of carbonyl (C=O) groups is 4. The van der Waals surface area contributed by atoms with Crippen LogP contribution >= 0.6 is 0 Å². The fraction of sp³-hybridized carbons (Fsp3) is 0.945. The second kappa shape index (κ2) is 80.3. The smallest absolute Gasteiger partial charge is 0.222 e. The average molecular weight is 1500 g/mol. The number of hydrogen-bond acceptors (Lipinski definition) is 28. The van der Waals surface area contributed by atoms with E-state index in [1.807, 2.05) is 34.6 Å². The minimum atomic E-state index is -0.626. The Labute approximate surface area is 617 Å². The van der Waals surface area contributed by atoms with Crippen LogP contribution in [0.5, 0.6) is 0 Å². The Kier molecular flexibility index (Phi) is 78.2. The highest BCUT2D eigenvalue weighted by Crippen LogP contribution is 2.27. The molecule has 2 N–H and O–H groups in total. The van der Waals surface area contributed by atoms with Gasteiger partial charge in [-0.05, 0) is 31.1 Å². The van der Waals surface area contributed by atoms with E-state index in [2.05, 4.69) is 24.5 Å². The quantitative estimate of drug-likeness (QED) is 0.0769. The molecule has 0 aliphatic carbocycles. The summed E-state index contributed by atoms with van der Waals surface area (Å²) >= 11 is 0. The standard InChI is InChI=1S/C73H142N2O28/c1-65(2)12-11-14-70(78)75-71(66(3)4)68(76)64-67(72(79)73(5,6)7)13-9-10-16-74-69(77)15-17-81-20-21-83-24-25-85-28-29-87-32-33-89-36-37-91-40-41-93-44-45-95-48-49-97-52-53-99-56-57-101-60-61-103-63-62-102-59-58-100-55-54-98-51-50-96-47-46-94-43-42-92-39-38-90-35-34-88-31-30-86-27-26-84-23-22-82-19-18-80-8/h65-67,71H,9-64H2,1-8H3,(H,74,77)(H,75,78)/t67-,71+/m1/s1. The van der Waals surface area contributed by atoms with Crippen molar-refractivity contribution in [2.45, 2.75) is 106 Å². The first-order valence-corrected chi connectivity index (χ1v) is 37.7. The lowest BCUT2D eigenvalue weighted by molar-refractivity contribution is -0.135. The van der Waals surface area contributed by atoms with Gasteiger partial charge in [-0.15, -0.1) is 0 Å². The SMILES string of the molecule is COCCOCCOCCOCCOCCOCCOCCOCCOCCOCCOCCOCCOCCOCCOCCOCCOCCOCCOCCOCCOCCOCCOCCOCCC(=O)NCCCC[C@H](CC(=O)[C@@H](NC(=O)CCCC(C)C)C(C)C)C(=O)C(C)(C)C. The van der Waals surface area contributed by atoms with Crippen LogP contribution in [0.15, 0.2) is 0 Å². The molecule has 0 rings (SSSR count). The van der Waals surface area contributed by atoms with E-state index in [1.54, 1.807) is 7.11 Å². The lowest BCUT2D eigenvalue weighted by Gasteiger charge is -2.27. The fourth-order valence-corrected chi connectivity index (χ4v) is 8.92. The summed E-state index contributed by atoms with van der Waals surface area (Å²) in [6, 6.07) is -0.626. The Morgan fingerprint density at radius 2 is 0.534 bits per heavy atom. The summed E-state index contributed by atoms with van der Waals surface area (Å²) in [6.07, 6.45) is 4.31. The number of methoxy groups -OCH3 is 1. The molecule has 2 amide bonds. The number of ketones is 2. The number of nitrogens with one attached hydrogen (secondary N) is 2. The molecular formula is C73H142N2O28. The zero-order valence-electron chi connectivity index (χ0n) is 64.8. The molecule has 30 heteroatoms. The van der Waals surface area contributed by atoms with Crippen molar-refractivity contribution in [1.82, 2.24) is 10.6 Å². The molecule has 0 unspecified atom stereocenters. The molecule has 612 valence electrons. The van der Waals surface area contributed by atoms with Crippen LogP contribution in [0.2, 0.25) is 0 Å². The summed E-state index contributed by atoms with van der Waals surface area (Å²) in [5.74, 6) is -0.341. The lowest BCUT2D eigenvalue weighted by atomic mass is 9.77. The molecule has 0 aromatic carbocycles. The van der Waals surface area contributed by atoms with Crippen molar-refractivity contribution in [2.75, 3.05) is 324 Å². The molecule has 2 atom stereocenters. The van der Waals surface area contributed by atoms with Crippen molar-refractivity contribution < 1.29 is 133 Å². The van der Waals surface area contributed by atoms with Crippen molar-refractivity contribution in [2.24, 2.45) is 23.2 Å². The molecule has 0 fully saturated rings. The van der Waals surface area contributed by atoms with Gasteiger partial charge in [0.1, 0.15) is 5.78 Å². The third kappa shape index (κ3) is 77.3. The van der Waals surface area contributed by atoms with Crippen molar-refractivity contribution in [3.63, 3.8) is 0 Å². The van der Waals surface area contributed by atoms with Crippen LogP contribution in [-0.4, -0.2) is 354 Å². The minimum Gasteiger partial charge on any atom is -0.382 e. The Balaban J connectivity index is 3.35. The maximum absolute atomic E-state index is 13.5. The Hall–Kier alpha value is -2.68. The van der Waals surface area contributed by atoms with E-state index in [-0.39, 0.29) is 48.7 Å². The van der Waals surface area contributed by atoms with Gasteiger partial charge in [-0.25, -0.2) is 0 Å². The molecular weight excluding hydrogens is 1350 g/mol. The van der Waals surface area contributed by atoms with Crippen LogP contribution < -0.4 is 10.6 Å². The molecule has 103 heavy (non-hydrogen) atoms. The molecule has 0 radical (unpaired) electrons. The zero-order chi connectivity index (χ0) is 75.1. The van der Waals surface area contributed by atoms with E-state index in [0.29, 0.717) is 342 Å². The molecule has 0 spiro atoms. The minimum absolute atomic E-state index is 0.0353. The summed E-state index contributed by atoms with van der Waals surface area (Å²) in [6.45, 7) is 36.4. The van der Waals surface area contributed by atoms with E-state index in [0.717, 1.165) is 12.8 Å². The van der Waals surface area contributed by atoms with Gasteiger partial charge < -0.3 is 124 Å². The topological polar surface area (TPSA) is 314 Å². The van der Waals surface area contributed by atoms with Gasteiger partial charge in [0.2, 0.25) is 11.8 Å². The van der Waals surface area contributed by atoms with Crippen LogP contribution in [0, 0.1) is 23.2 Å². The van der Waals surface area contributed by atoms with Crippen molar-refractivity contribution in [3.8, 4) is 0 Å². The maximum Gasteiger partial charge on any atom is 0.222 e. The highest BCUT2D eigenvalue weighted by Gasteiger charge is 2.34. The first-order chi connectivity index (χ1) is 50.3. The van der Waals surface area contributed by atoms with Gasteiger partial charge in [0, 0.05) is 44.2 Å². The zero-order valence-corrected chi connectivity index (χ0v) is 64.8. The predicted molar refractivity (Wildman–Crippen MR) is 385 cm³/mol. The second-order valence-corrected chi connectivity index (χ2v) is 25.2. The van der Waals surface area contributed by atoms with Crippen molar-refractivity contribution in [1.29, 1.82) is 0 Å². The molecule has 0 aromatic heterocycles. The summed E-state index contributed by atoms with van der Waals surface area (Å²) in [5.41, 5.74) is -0.603. The van der Waals surface area contributed by atoms with Crippen LogP contribution in [0.25, 0.3) is 0 Å². The molecule has 0 saturated carbocycles. The Morgan fingerprint density at radius 3 is 0.757 bits per heavy atom. The summed E-state index contributed by atoms with van der Waals surface area (Å²) < 4.78 is 132. The first-order valence-electron chi connectivity index (χ1n) is 37.7. The highest BCUT2D eigenvalue weighted by atomic mass is 16.6. The van der Waals surface area contributed by atoms with Crippen molar-refractivity contribution >= 4 is 23.4 Å². The van der Waals surface area contributed by atoms with Gasteiger partial charge in [-0.2, -0.15) is 0 Å². The molecule has 0 aliphatic heterocycles. The van der Waals surface area contributed by atoms with Crippen LogP contribution in [0.3, 0.4) is 0 Å². The van der Waals surface area contributed by atoms with E-state index < -0.39 is 17.4 Å². The molecule has 30 nitrogen and oxygen atoms in total. The number of Topliss-reactive ketones (excluding diaryl/α,β-unsaturated/α-hetero) is 2. The average Bonchev–Trinajstić information content (AvgIpc) is 0.851. The third-order valence-electron chi connectivity index (χ3n) is 14.5. The van der Waals surface area contributed by atoms with E-state index in [4.69, 9.17) is 114 Å². The largest absolute Gasteiger partial charge is 0.382 e. The Bertz CT molecular complexity index is 1800.